The van der Waals surface area contributed by atoms with Gasteiger partial charge in [-0.3, -0.25) is 4.79 Å². The van der Waals surface area contributed by atoms with Crippen molar-refractivity contribution in [2.45, 2.75) is 18.9 Å². The van der Waals surface area contributed by atoms with E-state index in [-0.39, 0.29) is 5.91 Å². The fourth-order valence-corrected chi connectivity index (χ4v) is 1.85. The lowest BCUT2D eigenvalue weighted by Gasteiger charge is -2.08. The Morgan fingerprint density at radius 3 is 2.87 bits per heavy atom. The summed E-state index contributed by atoms with van der Waals surface area (Å²) in [6.45, 7) is 0. The van der Waals surface area contributed by atoms with Crippen molar-refractivity contribution in [3.63, 3.8) is 0 Å². The van der Waals surface area contributed by atoms with Gasteiger partial charge in [0.05, 0.1) is 11.7 Å². The van der Waals surface area contributed by atoms with Gasteiger partial charge in [-0.2, -0.15) is 0 Å². The molecule has 1 aliphatic rings. The lowest BCUT2D eigenvalue weighted by atomic mass is 10.2. The van der Waals surface area contributed by atoms with E-state index in [2.05, 4.69) is 27.9 Å². The predicted octanol–water partition coefficient (Wildman–Crippen LogP) is 2.19. The molecule has 0 atom stereocenters. The molecule has 2 rings (SSSR count). The molecule has 1 N–H and O–H groups in total. The number of hydrogen-bond acceptors (Lipinski definition) is 2. The molecule has 0 radical (unpaired) electrons. The highest BCUT2D eigenvalue weighted by Gasteiger charge is 2.24. The van der Waals surface area contributed by atoms with Gasteiger partial charge in [-0.15, -0.1) is 0 Å². The molecule has 0 bridgehead atoms. The van der Waals surface area contributed by atoms with Gasteiger partial charge in [0.2, 0.25) is 0 Å². The third-order valence-electron chi connectivity index (χ3n) is 2.24. The van der Waals surface area contributed by atoms with Crippen LogP contribution in [0.25, 0.3) is 0 Å². The third-order valence-corrected chi connectivity index (χ3v) is 3.18. The minimum absolute atomic E-state index is 0.0688. The molecule has 0 aliphatic heterocycles. The van der Waals surface area contributed by atoms with E-state index in [1.807, 2.05) is 12.1 Å². The zero-order valence-electron chi connectivity index (χ0n) is 8.42. The van der Waals surface area contributed by atoms with Crippen LogP contribution in [0.4, 0.5) is 0 Å². The van der Waals surface area contributed by atoms with Crippen LogP contribution in [-0.4, -0.2) is 19.1 Å². The lowest BCUT2D eigenvalue weighted by Crippen LogP contribution is -2.19. The maximum atomic E-state index is 11.5. The first-order chi connectivity index (χ1) is 7.20. The Balaban J connectivity index is 2.22. The molecule has 0 heterocycles. The maximum absolute atomic E-state index is 11.5. The molecule has 1 aromatic rings. The summed E-state index contributed by atoms with van der Waals surface area (Å²) in [6, 6.07) is 5.62. The summed E-state index contributed by atoms with van der Waals surface area (Å²) in [6.07, 6.45) is 2.62. The molecule has 4 heteroatoms. The molecule has 1 saturated carbocycles. The Labute approximate surface area is 102 Å². The zero-order chi connectivity index (χ0) is 10.8. The van der Waals surface area contributed by atoms with Crippen LogP contribution in [0.3, 0.4) is 0 Å². The molecule has 1 fully saturated rings. The smallest absolute Gasteiger partial charge is 0.252 e. The van der Waals surface area contributed by atoms with Gasteiger partial charge in [-0.25, -0.2) is 0 Å². The average molecular weight is 317 g/mol. The van der Waals surface area contributed by atoms with Gasteiger partial charge in [0.1, 0.15) is 5.75 Å². The molecule has 0 spiro atoms. The van der Waals surface area contributed by atoms with Crippen molar-refractivity contribution in [2.75, 3.05) is 7.05 Å². The summed E-state index contributed by atoms with van der Waals surface area (Å²) in [5.74, 6) is 0.720. The van der Waals surface area contributed by atoms with E-state index >= 15 is 0 Å². The monoisotopic (exact) mass is 317 g/mol. The quantitative estimate of drug-likeness (QED) is 0.868. The molecule has 3 nitrogen and oxygen atoms in total. The summed E-state index contributed by atoms with van der Waals surface area (Å²) >= 11 is 2.15. The molecule has 1 aliphatic carbocycles. The van der Waals surface area contributed by atoms with E-state index in [1.54, 1.807) is 13.1 Å². The van der Waals surface area contributed by atoms with Gasteiger partial charge in [-0.05, 0) is 53.6 Å². The highest BCUT2D eigenvalue weighted by Crippen LogP contribution is 2.28. The Morgan fingerprint density at radius 2 is 2.27 bits per heavy atom. The van der Waals surface area contributed by atoms with Crippen LogP contribution in [0.15, 0.2) is 18.2 Å². The van der Waals surface area contributed by atoms with E-state index in [1.165, 1.54) is 0 Å². The first kappa shape index (κ1) is 10.7. The molecular weight excluding hydrogens is 305 g/mol. The van der Waals surface area contributed by atoms with Gasteiger partial charge in [0, 0.05) is 10.6 Å². The Kier molecular flexibility index (Phi) is 3.14. The Bertz CT molecular complexity index is 388. The largest absolute Gasteiger partial charge is 0.490 e. The number of rotatable bonds is 3. The molecule has 0 unspecified atom stereocenters. The highest BCUT2D eigenvalue weighted by atomic mass is 127. The van der Waals surface area contributed by atoms with Gasteiger partial charge in [0.25, 0.3) is 5.91 Å². The normalized spacial score (nSPS) is 14.8. The first-order valence-corrected chi connectivity index (χ1v) is 5.97. The zero-order valence-corrected chi connectivity index (χ0v) is 10.6. The summed E-state index contributed by atoms with van der Waals surface area (Å²) < 4.78 is 6.57. The fourth-order valence-electron chi connectivity index (χ4n) is 1.26. The standard InChI is InChI=1S/C11H12INO2/c1-13-11(14)9-6-8(4-5-10(9)12)15-7-2-3-7/h4-7H,2-3H2,1H3,(H,13,14). The summed E-state index contributed by atoms with van der Waals surface area (Å²) in [5.41, 5.74) is 0.677. The Hall–Kier alpha value is -0.780. The number of carbonyl (C=O) groups excluding carboxylic acids is 1. The van der Waals surface area contributed by atoms with Crippen molar-refractivity contribution in [1.82, 2.24) is 5.32 Å². The van der Waals surface area contributed by atoms with E-state index in [0.29, 0.717) is 11.7 Å². The Morgan fingerprint density at radius 1 is 1.53 bits per heavy atom. The van der Waals surface area contributed by atoms with Crippen LogP contribution in [0.1, 0.15) is 23.2 Å². The third kappa shape index (κ3) is 2.62. The van der Waals surface area contributed by atoms with Gasteiger partial charge in [0.15, 0.2) is 0 Å². The second-order valence-corrected chi connectivity index (χ2v) is 4.70. The van der Waals surface area contributed by atoms with Crippen molar-refractivity contribution in [3.05, 3.63) is 27.3 Å². The molecule has 0 saturated heterocycles. The van der Waals surface area contributed by atoms with E-state index < -0.39 is 0 Å². The molecule has 80 valence electrons. The van der Waals surface area contributed by atoms with Gasteiger partial charge in [-0.1, -0.05) is 0 Å². The van der Waals surface area contributed by atoms with E-state index in [4.69, 9.17) is 4.74 Å². The van der Waals surface area contributed by atoms with E-state index in [9.17, 15) is 4.79 Å². The number of ether oxygens (including phenoxy) is 1. The molecular formula is C11H12INO2. The maximum Gasteiger partial charge on any atom is 0.252 e. The molecule has 1 aromatic carbocycles. The minimum atomic E-state index is -0.0688. The lowest BCUT2D eigenvalue weighted by molar-refractivity contribution is 0.0961. The number of halogens is 1. The van der Waals surface area contributed by atoms with Crippen molar-refractivity contribution in [2.24, 2.45) is 0 Å². The molecule has 15 heavy (non-hydrogen) atoms. The van der Waals surface area contributed by atoms with Crippen molar-refractivity contribution in [1.29, 1.82) is 0 Å². The number of hydrogen-bond donors (Lipinski definition) is 1. The molecule has 0 aromatic heterocycles. The van der Waals surface area contributed by atoms with Crippen LogP contribution in [0.2, 0.25) is 0 Å². The second-order valence-electron chi connectivity index (χ2n) is 3.54. The second kappa shape index (κ2) is 4.38. The van der Waals surface area contributed by atoms with Crippen molar-refractivity contribution < 1.29 is 9.53 Å². The fraction of sp³-hybridized carbons (Fsp3) is 0.364. The summed E-state index contributed by atoms with van der Waals surface area (Å²) in [7, 11) is 1.63. The van der Waals surface area contributed by atoms with Crippen LogP contribution in [-0.2, 0) is 0 Å². The topological polar surface area (TPSA) is 38.3 Å². The number of carbonyl (C=O) groups is 1. The summed E-state index contributed by atoms with van der Waals surface area (Å²) in [5, 5.41) is 2.62. The van der Waals surface area contributed by atoms with Gasteiger partial charge >= 0.3 is 0 Å². The summed E-state index contributed by atoms with van der Waals surface area (Å²) in [4.78, 5) is 11.5. The van der Waals surface area contributed by atoms with Crippen molar-refractivity contribution >= 4 is 28.5 Å². The van der Waals surface area contributed by atoms with Crippen LogP contribution in [0, 0.1) is 3.57 Å². The van der Waals surface area contributed by atoms with Crippen LogP contribution < -0.4 is 10.1 Å². The average Bonchev–Trinajstić information content (AvgIpc) is 3.04. The van der Waals surface area contributed by atoms with Crippen LogP contribution in [0.5, 0.6) is 5.75 Å². The highest BCUT2D eigenvalue weighted by molar-refractivity contribution is 14.1. The van der Waals surface area contributed by atoms with Gasteiger partial charge < -0.3 is 10.1 Å². The van der Waals surface area contributed by atoms with E-state index in [0.717, 1.165) is 22.2 Å². The number of amides is 1. The minimum Gasteiger partial charge on any atom is -0.490 e. The number of nitrogens with one attached hydrogen (secondary N) is 1. The van der Waals surface area contributed by atoms with Crippen LogP contribution >= 0.6 is 22.6 Å². The SMILES string of the molecule is CNC(=O)c1cc(OC2CC2)ccc1I. The molecule has 1 amide bonds. The van der Waals surface area contributed by atoms with Crippen molar-refractivity contribution in [3.8, 4) is 5.75 Å². The predicted molar refractivity (Wildman–Crippen MR) is 66.2 cm³/mol. The number of benzene rings is 1. The first-order valence-electron chi connectivity index (χ1n) is 4.89.